The van der Waals surface area contributed by atoms with Gasteiger partial charge in [-0.2, -0.15) is 0 Å². The maximum Gasteiger partial charge on any atom is 0.119 e. The Labute approximate surface area is 135 Å². The summed E-state index contributed by atoms with van der Waals surface area (Å²) in [5, 5.41) is 3.89. The normalized spacial score (nSPS) is 10.2. The molecule has 110 valence electrons. The zero-order chi connectivity index (χ0) is 15.2. The number of hydrogen-bond acceptors (Lipinski definition) is 3. The minimum absolute atomic E-state index is 0.296. The topological polar surface area (TPSA) is 47.3 Å². The number of nitrogens with two attached hydrogens (primary N) is 1. The summed E-state index contributed by atoms with van der Waals surface area (Å²) in [5.41, 5.74) is 8.48. The zero-order valence-corrected chi connectivity index (χ0v) is 13.3. The minimum Gasteiger partial charge on any atom is -0.497 e. The van der Waals surface area contributed by atoms with E-state index in [0.717, 1.165) is 24.4 Å². The van der Waals surface area contributed by atoms with Gasteiger partial charge in [0, 0.05) is 12.2 Å². The van der Waals surface area contributed by atoms with Gasteiger partial charge in [-0.1, -0.05) is 42.0 Å². The van der Waals surface area contributed by atoms with Gasteiger partial charge in [-0.15, -0.1) is 0 Å². The highest BCUT2D eigenvalue weighted by Crippen LogP contribution is 2.24. The molecule has 5 heteroatoms. The smallest absolute Gasteiger partial charge is 0.119 e. The van der Waals surface area contributed by atoms with Crippen molar-refractivity contribution in [3.63, 3.8) is 0 Å². The van der Waals surface area contributed by atoms with Crippen LogP contribution in [0.1, 0.15) is 11.1 Å². The van der Waals surface area contributed by atoms with Gasteiger partial charge in [-0.05, 0) is 36.2 Å². The summed E-state index contributed by atoms with van der Waals surface area (Å²) in [7, 11) is 1.66. The van der Waals surface area contributed by atoms with E-state index in [1.54, 1.807) is 13.2 Å². The molecule has 0 aliphatic rings. The quantitative estimate of drug-likeness (QED) is 0.798. The molecule has 0 spiro atoms. The molecule has 0 bridgehead atoms. The van der Waals surface area contributed by atoms with Crippen molar-refractivity contribution in [2.45, 2.75) is 6.42 Å². The van der Waals surface area contributed by atoms with Crippen molar-refractivity contribution in [2.24, 2.45) is 5.73 Å². The minimum atomic E-state index is 0.296. The second-order valence-corrected chi connectivity index (χ2v) is 5.40. The Morgan fingerprint density at radius 1 is 1.29 bits per heavy atom. The fourth-order valence-corrected chi connectivity index (χ4v) is 2.64. The molecule has 2 rings (SSSR count). The molecule has 2 aromatic carbocycles. The maximum atomic E-state index is 6.14. The van der Waals surface area contributed by atoms with Crippen LogP contribution in [-0.4, -0.2) is 18.6 Å². The monoisotopic (exact) mass is 320 g/mol. The number of hydrogen-bond donors (Lipinski definition) is 2. The Balaban J connectivity index is 2.03. The Morgan fingerprint density at radius 3 is 2.76 bits per heavy atom. The summed E-state index contributed by atoms with van der Waals surface area (Å²) < 4.78 is 5.21. The van der Waals surface area contributed by atoms with Gasteiger partial charge in [0.1, 0.15) is 10.7 Å². The fourth-order valence-electron chi connectivity index (χ4n) is 2.09. The van der Waals surface area contributed by atoms with Gasteiger partial charge in [0.05, 0.1) is 17.7 Å². The fraction of sp³-hybridized carbons (Fsp3) is 0.188. The predicted molar refractivity (Wildman–Crippen MR) is 92.5 cm³/mol. The van der Waals surface area contributed by atoms with E-state index in [0.29, 0.717) is 15.6 Å². The summed E-state index contributed by atoms with van der Waals surface area (Å²) >= 11 is 11.2. The van der Waals surface area contributed by atoms with Crippen molar-refractivity contribution < 1.29 is 4.74 Å². The molecule has 21 heavy (non-hydrogen) atoms. The van der Waals surface area contributed by atoms with E-state index in [1.807, 2.05) is 30.3 Å². The summed E-state index contributed by atoms with van der Waals surface area (Å²) in [6.45, 7) is 0.753. The van der Waals surface area contributed by atoms with Crippen molar-refractivity contribution in [3.8, 4) is 5.75 Å². The van der Waals surface area contributed by atoms with Crippen LogP contribution in [0.15, 0.2) is 42.5 Å². The lowest BCUT2D eigenvalue weighted by molar-refractivity contribution is 0.414. The molecule has 2 aromatic rings. The van der Waals surface area contributed by atoms with E-state index >= 15 is 0 Å². The first kappa shape index (κ1) is 15.6. The molecule has 0 atom stereocenters. The van der Waals surface area contributed by atoms with Crippen LogP contribution in [0.3, 0.4) is 0 Å². The molecule has 0 fully saturated rings. The second-order valence-electron chi connectivity index (χ2n) is 4.55. The second kappa shape index (κ2) is 7.29. The Kier molecular flexibility index (Phi) is 5.42. The molecule has 0 amide bonds. The van der Waals surface area contributed by atoms with E-state index < -0.39 is 0 Å². The lowest BCUT2D eigenvalue weighted by atomic mass is 10.1. The molecule has 0 aliphatic heterocycles. The number of halogens is 1. The number of anilines is 1. The van der Waals surface area contributed by atoms with E-state index in [-0.39, 0.29) is 0 Å². The van der Waals surface area contributed by atoms with Crippen LogP contribution < -0.4 is 15.8 Å². The Morgan fingerprint density at radius 2 is 2.05 bits per heavy atom. The van der Waals surface area contributed by atoms with E-state index in [9.17, 15) is 0 Å². The summed E-state index contributed by atoms with van der Waals surface area (Å²) in [4.78, 5) is 0.296. The molecule has 3 N–H and O–H groups in total. The lowest BCUT2D eigenvalue weighted by Gasteiger charge is -2.12. The van der Waals surface area contributed by atoms with Crippen molar-refractivity contribution in [3.05, 3.63) is 58.6 Å². The third-order valence-electron chi connectivity index (χ3n) is 3.12. The van der Waals surface area contributed by atoms with Gasteiger partial charge >= 0.3 is 0 Å². The van der Waals surface area contributed by atoms with Gasteiger partial charge < -0.3 is 15.8 Å². The van der Waals surface area contributed by atoms with E-state index in [2.05, 4.69) is 11.4 Å². The molecule has 0 saturated heterocycles. The van der Waals surface area contributed by atoms with Gasteiger partial charge in [0.25, 0.3) is 0 Å². The van der Waals surface area contributed by atoms with Crippen molar-refractivity contribution in [1.82, 2.24) is 0 Å². The first-order valence-electron chi connectivity index (χ1n) is 6.57. The molecule has 0 aliphatic carbocycles. The van der Waals surface area contributed by atoms with Crippen molar-refractivity contribution in [1.29, 1.82) is 0 Å². The van der Waals surface area contributed by atoms with Crippen LogP contribution in [0.5, 0.6) is 5.75 Å². The van der Waals surface area contributed by atoms with Crippen LogP contribution in [0, 0.1) is 0 Å². The van der Waals surface area contributed by atoms with E-state index in [4.69, 9.17) is 34.3 Å². The molecule has 0 unspecified atom stereocenters. The Hall–Kier alpha value is -1.78. The maximum absolute atomic E-state index is 6.14. The highest BCUT2D eigenvalue weighted by Gasteiger charge is 2.09. The van der Waals surface area contributed by atoms with Crippen LogP contribution in [0.4, 0.5) is 5.69 Å². The standard InChI is InChI=1S/C16H17ClN2OS/c1-20-12-5-2-4-11(10-12)8-9-19-14-7-3-6-13(17)15(14)16(18)21/h2-7,10,19H,8-9H2,1H3,(H2,18,21). The van der Waals surface area contributed by atoms with Crippen molar-refractivity contribution >= 4 is 34.5 Å². The highest BCUT2D eigenvalue weighted by molar-refractivity contribution is 7.80. The van der Waals surface area contributed by atoms with Crippen LogP contribution in [0.25, 0.3) is 0 Å². The van der Waals surface area contributed by atoms with Crippen LogP contribution >= 0.6 is 23.8 Å². The number of ether oxygens (including phenoxy) is 1. The average Bonchev–Trinajstić information content (AvgIpc) is 2.47. The highest BCUT2D eigenvalue weighted by atomic mass is 35.5. The number of nitrogens with one attached hydrogen (secondary N) is 1. The number of methoxy groups -OCH3 is 1. The number of thiocarbonyl (C=S) groups is 1. The van der Waals surface area contributed by atoms with Gasteiger partial charge in [-0.25, -0.2) is 0 Å². The first-order valence-corrected chi connectivity index (χ1v) is 7.35. The van der Waals surface area contributed by atoms with Crippen LogP contribution in [-0.2, 0) is 6.42 Å². The largest absolute Gasteiger partial charge is 0.497 e. The number of rotatable bonds is 6. The molecule has 0 aromatic heterocycles. The van der Waals surface area contributed by atoms with Gasteiger partial charge in [0.15, 0.2) is 0 Å². The van der Waals surface area contributed by atoms with E-state index in [1.165, 1.54) is 5.56 Å². The third-order valence-corrected chi connectivity index (χ3v) is 3.64. The lowest BCUT2D eigenvalue weighted by Crippen LogP contribution is -2.15. The molecule has 3 nitrogen and oxygen atoms in total. The Bertz CT molecular complexity index is 646. The molecule has 0 saturated carbocycles. The predicted octanol–water partition coefficient (Wildman–Crippen LogP) is 3.64. The van der Waals surface area contributed by atoms with Gasteiger partial charge in [0.2, 0.25) is 0 Å². The first-order chi connectivity index (χ1) is 10.1. The molecular formula is C16H17ClN2OS. The average molecular weight is 321 g/mol. The summed E-state index contributed by atoms with van der Waals surface area (Å²) in [6.07, 6.45) is 0.862. The molecule has 0 heterocycles. The van der Waals surface area contributed by atoms with Crippen LogP contribution in [0.2, 0.25) is 5.02 Å². The summed E-state index contributed by atoms with van der Waals surface area (Å²) in [5.74, 6) is 0.860. The van der Waals surface area contributed by atoms with Gasteiger partial charge in [-0.3, -0.25) is 0 Å². The van der Waals surface area contributed by atoms with Crippen molar-refractivity contribution in [2.75, 3.05) is 19.0 Å². The molecular weight excluding hydrogens is 304 g/mol. The molecule has 0 radical (unpaired) electrons. The summed E-state index contributed by atoms with van der Waals surface area (Å²) in [6, 6.07) is 13.6. The SMILES string of the molecule is COc1cccc(CCNc2cccc(Cl)c2C(N)=S)c1. The number of benzene rings is 2. The zero-order valence-electron chi connectivity index (χ0n) is 11.7. The third kappa shape index (κ3) is 4.09.